The van der Waals surface area contributed by atoms with Crippen LogP contribution in [0.3, 0.4) is 0 Å². The van der Waals surface area contributed by atoms with Gasteiger partial charge in [-0.25, -0.2) is 0 Å². The second-order valence-electron chi connectivity index (χ2n) is 8.26. The Kier molecular flexibility index (Phi) is 8.41. The van der Waals surface area contributed by atoms with Crippen molar-refractivity contribution in [3.63, 3.8) is 0 Å². The van der Waals surface area contributed by atoms with Crippen LogP contribution in [0.4, 0.5) is 0 Å². The minimum atomic E-state index is -1.24. The van der Waals surface area contributed by atoms with Crippen LogP contribution in [-0.2, 0) is 35.1 Å². The van der Waals surface area contributed by atoms with E-state index in [0.29, 0.717) is 19.4 Å². The first-order valence-corrected chi connectivity index (χ1v) is 10.3. The lowest BCUT2D eigenvalue weighted by Crippen LogP contribution is -2.57. The highest BCUT2D eigenvalue weighted by molar-refractivity contribution is 5.73. The molecule has 0 spiro atoms. The molecule has 168 valence electrons. The largest absolute Gasteiger partial charge is 0.497 e. The van der Waals surface area contributed by atoms with Crippen molar-refractivity contribution in [1.82, 2.24) is 0 Å². The van der Waals surface area contributed by atoms with E-state index in [0.717, 1.165) is 17.6 Å². The lowest BCUT2D eigenvalue weighted by Gasteiger charge is -2.48. The number of carbonyl (C=O) groups excluding carboxylic acids is 2. The normalized spacial score (nSPS) is 25.4. The molecule has 0 aliphatic carbocycles. The Labute approximate surface area is 179 Å². The number of carbonyl (C=O) groups is 2. The van der Waals surface area contributed by atoms with Crippen LogP contribution in [-0.4, -0.2) is 51.1 Å². The number of hydrogen-bond acceptors (Lipinski definition) is 7. The van der Waals surface area contributed by atoms with Crippen LogP contribution in [0.1, 0.15) is 46.1 Å². The van der Waals surface area contributed by atoms with Crippen molar-refractivity contribution in [1.29, 1.82) is 0 Å². The molecule has 0 aromatic heterocycles. The first-order chi connectivity index (χ1) is 14.2. The molecule has 30 heavy (non-hydrogen) atoms. The maximum Gasteiger partial charge on any atom is 0.314 e. The summed E-state index contributed by atoms with van der Waals surface area (Å²) in [5, 5.41) is 0. The first kappa shape index (κ1) is 24.3. The Bertz CT molecular complexity index is 700. The highest BCUT2D eigenvalue weighted by atomic mass is 16.7. The maximum absolute atomic E-state index is 12.5. The van der Waals surface area contributed by atoms with Gasteiger partial charge in [-0.1, -0.05) is 26.0 Å². The van der Waals surface area contributed by atoms with Crippen molar-refractivity contribution in [2.75, 3.05) is 20.8 Å². The van der Waals surface area contributed by atoms with Crippen molar-refractivity contribution in [2.45, 2.75) is 65.1 Å². The van der Waals surface area contributed by atoms with E-state index in [4.69, 9.17) is 23.7 Å². The van der Waals surface area contributed by atoms with Crippen molar-refractivity contribution in [2.24, 2.45) is 11.3 Å². The van der Waals surface area contributed by atoms with Gasteiger partial charge < -0.3 is 28.5 Å². The summed E-state index contributed by atoms with van der Waals surface area (Å²) in [7, 11) is 3.13. The second-order valence-corrected chi connectivity index (χ2v) is 8.26. The molecule has 2 rings (SSSR count). The third kappa shape index (κ3) is 5.59. The van der Waals surface area contributed by atoms with Gasteiger partial charge in [-0.3, -0.25) is 4.79 Å². The van der Waals surface area contributed by atoms with E-state index in [1.165, 1.54) is 7.11 Å². The number of aldehydes is 1. The van der Waals surface area contributed by atoms with Gasteiger partial charge in [0.05, 0.1) is 32.5 Å². The van der Waals surface area contributed by atoms with Crippen LogP contribution in [0.2, 0.25) is 0 Å². The summed E-state index contributed by atoms with van der Waals surface area (Å²) in [5.41, 5.74) is 0.232. The third-order valence-corrected chi connectivity index (χ3v) is 5.75. The summed E-state index contributed by atoms with van der Waals surface area (Å²) in [6.45, 7) is 7.75. The van der Waals surface area contributed by atoms with Crippen molar-refractivity contribution < 1.29 is 33.3 Å². The number of hydrogen-bond donors (Lipinski definition) is 0. The van der Waals surface area contributed by atoms with Crippen molar-refractivity contribution >= 4 is 12.3 Å². The molecule has 0 saturated carbocycles. The zero-order valence-electron chi connectivity index (χ0n) is 18.8. The van der Waals surface area contributed by atoms with Crippen LogP contribution in [0.15, 0.2) is 24.3 Å². The molecule has 0 amide bonds. The van der Waals surface area contributed by atoms with Gasteiger partial charge in [-0.2, -0.15) is 0 Å². The molecule has 7 heteroatoms. The molecule has 7 nitrogen and oxygen atoms in total. The van der Waals surface area contributed by atoms with E-state index >= 15 is 0 Å². The highest BCUT2D eigenvalue weighted by Gasteiger charge is 2.52. The topological polar surface area (TPSA) is 80.3 Å². The molecular formula is C23H34O7. The van der Waals surface area contributed by atoms with Gasteiger partial charge in [0, 0.05) is 25.4 Å². The van der Waals surface area contributed by atoms with E-state index in [9.17, 15) is 9.59 Å². The summed E-state index contributed by atoms with van der Waals surface area (Å²) in [6.07, 6.45) is 1.01. The molecule has 1 aliphatic rings. The molecule has 1 aromatic carbocycles. The molecule has 1 aromatic rings. The number of benzene rings is 1. The first-order valence-electron chi connectivity index (χ1n) is 10.3. The smallest absolute Gasteiger partial charge is 0.314 e. The summed E-state index contributed by atoms with van der Waals surface area (Å²) in [6, 6.07) is 7.64. The average molecular weight is 423 g/mol. The van der Waals surface area contributed by atoms with Crippen LogP contribution in [0, 0.1) is 11.3 Å². The van der Waals surface area contributed by atoms with Crippen LogP contribution >= 0.6 is 0 Å². The third-order valence-electron chi connectivity index (χ3n) is 5.75. The predicted octanol–water partition coefficient (Wildman–Crippen LogP) is 3.53. The Balaban J connectivity index is 2.23. The zero-order chi connectivity index (χ0) is 22.4. The maximum atomic E-state index is 12.5. The second kappa shape index (κ2) is 10.4. The summed E-state index contributed by atoms with van der Waals surface area (Å²) >= 11 is 0. The minimum Gasteiger partial charge on any atom is -0.497 e. The molecule has 4 atom stereocenters. The minimum absolute atomic E-state index is 0.262. The fourth-order valence-electron chi connectivity index (χ4n) is 3.60. The van der Waals surface area contributed by atoms with Gasteiger partial charge in [0.25, 0.3) is 0 Å². The quantitative estimate of drug-likeness (QED) is 0.421. The lowest BCUT2D eigenvalue weighted by atomic mass is 9.79. The van der Waals surface area contributed by atoms with Crippen LogP contribution in [0.5, 0.6) is 5.75 Å². The highest BCUT2D eigenvalue weighted by Crippen LogP contribution is 2.42. The summed E-state index contributed by atoms with van der Waals surface area (Å²) in [4.78, 5) is 24.2. The zero-order valence-corrected chi connectivity index (χ0v) is 18.8. The van der Waals surface area contributed by atoms with Gasteiger partial charge in [-0.15, -0.1) is 0 Å². The molecule has 0 bridgehead atoms. The van der Waals surface area contributed by atoms with Crippen LogP contribution in [0.25, 0.3) is 0 Å². The Hall–Kier alpha value is -1.96. The van der Waals surface area contributed by atoms with Gasteiger partial charge in [0.2, 0.25) is 0 Å². The van der Waals surface area contributed by atoms with E-state index in [1.807, 2.05) is 38.1 Å². The summed E-state index contributed by atoms with van der Waals surface area (Å²) in [5.74, 6) is -1.54. The van der Waals surface area contributed by atoms with E-state index in [2.05, 4.69) is 0 Å². The molecule has 1 aliphatic heterocycles. The predicted molar refractivity (Wildman–Crippen MR) is 111 cm³/mol. The van der Waals surface area contributed by atoms with Gasteiger partial charge in [0.1, 0.15) is 18.0 Å². The van der Waals surface area contributed by atoms with E-state index in [-0.39, 0.29) is 12.7 Å². The Morgan fingerprint density at radius 1 is 1.30 bits per heavy atom. The standard InChI is InChI=1S/C23H34O7/c1-7-28-21(25)16(2)23(27-6)13-19(12-20(30-23)22(3,4)15-24)29-14-17-8-10-18(26-5)11-9-17/h8-11,15-16,19-20H,7,12-14H2,1-6H3/t16-,19-,20-,23+/m1/s1. The van der Waals surface area contributed by atoms with Gasteiger partial charge in [-0.05, 0) is 31.5 Å². The average Bonchev–Trinajstić information content (AvgIpc) is 2.77. The fourth-order valence-corrected chi connectivity index (χ4v) is 3.60. The molecule has 1 heterocycles. The number of methoxy groups -OCH3 is 2. The number of ether oxygens (including phenoxy) is 5. The Morgan fingerprint density at radius 3 is 2.50 bits per heavy atom. The van der Waals surface area contributed by atoms with Crippen molar-refractivity contribution in [3.8, 4) is 5.75 Å². The SMILES string of the molecule is CCOC(=O)[C@@H](C)[C@]1(OC)C[C@H](OCc2ccc(OC)cc2)C[C@H](C(C)(C)C=O)O1. The molecule has 0 unspecified atom stereocenters. The van der Waals surface area contributed by atoms with Crippen LogP contribution < -0.4 is 4.74 Å². The molecular weight excluding hydrogens is 388 g/mol. The van der Waals surface area contributed by atoms with E-state index in [1.54, 1.807) is 21.0 Å². The molecule has 0 radical (unpaired) electrons. The summed E-state index contributed by atoms with van der Waals surface area (Å²) < 4.78 is 28.6. The van der Waals surface area contributed by atoms with Gasteiger partial charge >= 0.3 is 5.97 Å². The monoisotopic (exact) mass is 422 g/mol. The van der Waals surface area contributed by atoms with E-state index < -0.39 is 29.2 Å². The van der Waals surface area contributed by atoms with Crippen molar-refractivity contribution in [3.05, 3.63) is 29.8 Å². The number of esters is 1. The lowest BCUT2D eigenvalue weighted by molar-refractivity contribution is -0.320. The number of rotatable bonds is 10. The molecule has 1 fully saturated rings. The van der Waals surface area contributed by atoms with Gasteiger partial charge in [0.15, 0.2) is 5.79 Å². The fraction of sp³-hybridized carbons (Fsp3) is 0.652. The Morgan fingerprint density at radius 2 is 1.97 bits per heavy atom. The molecule has 0 N–H and O–H groups in total. The molecule has 1 saturated heterocycles.